The van der Waals surface area contributed by atoms with Crippen molar-refractivity contribution in [2.45, 2.75) is 31.7 Å². The summed E-state index contributed by atoms with van der Waals surface area (Å²) in [6, 6.07) is 28.0. The molecule has 44 heavy (non-hydrogen) atoms. The minimum absolute atomic E-state index is 0.0345. The van der Waals surface area contributed by atoms with Crippen molar-refractivity contribution in [1.29, 1.82) is 0 Å². The van der Waals surface area contributed by atoms with Crippen molar-refractivity contribution in [3.63, 3.8) is 0 Å². The van der Waals surface area contributed by atoms with Gasteiger partial charge in [0.05, 0.1) is 26.7 Å². The predicted octanol–water partition coefficient (Wildman–Crippen LogP) is 5.95. The number of methoxy groups -OCH3 is 2. The maximum Gasteiger partial charge on any atom is 0.305 e. The van der Waals surface area contributed by atoms with E-state index < -0.39 is 5.97 Å². The summed E-state index contributed by atoms with van der Waals surface area (Å²) in [5.74, 6) is -0.251. The van der Waals surface area contributed by atoms with Crippen LogP contribution in [0.4, 0.5) is 0 Å². The summed E-state index contributed by atoms with van der Waals surface area (Å²) in [7, 11) is 3.14. The van der Waals surface area contributed by atoms with E-state index in [9.17, 15) is 19.5 Å². The molecular formula is C36H36N2O6. The van der Waals surface area contributed by atoms with Gasteiger partial charge in [0.25, 0.3) is 11.8 Å². The summed E-state index contributed by atoms with van der Waals surface area (Å²) in [6.07, 6.45) is 2.01. The Morgan fingerprint density at radius 2 is 1.43 bits per heavy atom. The SMILES string of the molecule is COc1cc(CCN(CCC(=O)O)C(=O)c2ccccc2-c2ccccc2C(=O)NC2CCc3ccccc32)cc(OC)c1. The highest BCUT2D eigenvalue weighted by Crippen LogP contribution is 2.33. The Labute approximate surface area is 257 Å². The minimum Gasteiger partial charge on any atom is -0.497 e. The van der Waals surface area contributed by atoms with Crippen LogP contribution in [0.1, 0.15) is 56.3 Å². The zero-order valence-corrected chi connectivity index (χ0v) is 24.9. The third-order valence-corrected chi connectivity index (χ3v) is 8.02. The molecule has 1 aliphatic carbocycles. The van der Waals surface area contributed by atoms with Crippen molar-refractivity contribution in [3.8, 4) is 22.6 Å². The highest BCUT2D eigenvalue weighted by molar-refractivity contribution is 6.06. The number of hydrogen-bond acceptors (Lipinski definition) is 5. The summed E-state index contributed by atoms with van der Waals surface area (Å²) >= 11 is 0. The van der Waals surface area contributed by atoms with E-state index in [1.165, 1.54) is 5.56 Å². The van der Waals surface area contributed by atoms with E-state index in [2.05, 4.69) is 17.4 Å². The first-order valence-corrected chi connectivity index (χ1v) is 14.7. The fraction of sp³-hybridized carbons (Fsp3) is 0.250. The van der Waals surface area contributed by atoms with E-state index >= 15 is 0 Å². The van der Waals surface area contributed by atoms with E-state index in [0.29, 0.717) is 40.2 Å². The second-order valence-electron chi connectivity index (χ2n) is 10.8. The van der Waals surface area contributed by atoms with Crippen molar-refractivity contribution in [2.75, 3.05) is 27.3 Å². The molecule has 4 aromatic rings. The van der Waals surface area contributed by atoms with Gasteiger partial charge in [-0.2, -0.15) is 0 Å². The molecule has 1 unspecified atom stereocenters. The summed E-state index contributed by atoms with van der Waals surface area (Å²) < 4.78 is 10.8. The highest BCUT2D eigenvalue weighted by Gasteiger charge is 2.26. The summed E-state index contributed by atoms with van der Waals surface area (Å²) in [4.78, 5) is 40.8. The van der Waals surface area contributed by atoms with Gasteiger partial charge in [-0.15, -0.1) is 0 Å². The van der Waals surface area contributed by atoms with Crippen LogP contribution in [0.2, 0.25) is 0 Å². The number of carbonyl (C=O) groups is 3. The van der Waals surface area contributed by atoms with Gasteiger partial charge in [0, 0.05) is 30.3 Å². The molecule has 0 spiro atoms. The number of nitrogens with zero attached hydrogens (tertiary/aromatic N) is 1. The Bertz CT molecular complexity index is 1640. The lowest BCUT2D eigenvalue weighted by molar-refractivity contribution is -0.137. The fourth-order valence-corrected chi connectivity index (χ4v) is 5.75. The molecule has 8 nitrogen and oxygen atoms in total. The van der Waals surface area contributed by atoms with Crippen LogP contribution in [-0.2, 0) is 17.6 Å². The Morgan fingerprint density at radius 3 is 2.11 bits per heavy atom. The van der Waals surface area contributed by atoms with Crippen molar-refractivity contribution >= 4 is 17.8 Å². The molecule has 0 bridgehead atoms. The lowest BCUT2D eigenvalue weighted by atomic mass is 9.94. The van der Waals surface area contributed by atoms with Gasteiger partial charge < -0.3 is 24.8 Å². The fourth-order valence-electron chi connectivity index (χ4n) is 5.75. The first-order valence-electron chi connectivity index (χ1n) is 14.7. The van der Waals surface area contributed by atoms with Crippen LogP contribution >= 0.6 is 0 Å². The van der Waals surface area contributed by atoms with Crippen LogP contribution in [0.5, 0.6) is 11.5 Å². The molecule has 0 aliphatic heterocycles. The summed E-state index contributed by atoms with van der Waals surface area (Å²) in [5, 5.41) is 12.6. The Morgan fingerprint density at radius 1 is 0.818 bits per heavy atom. The van der Waals surface area contributed by atoms with E-state index in [0.717, 1.165) is 24.0 Å². The quantitative estimate of drug-likeness (QED) is 0.211. The van der Waals surface area contributed by atoms with Gasteiger partial charge in [0.2, 0.25) is 0 Å². The van der Waals surface area contributed by atoms with Crippen LogP contribution in [-0.4, -0.2) is 55.1 Å². The van der Waals surface area contributed by atoms with E-state index in [1.807, 2.05) is 54.6 Å². The molecule has 0 saturated heterocycles. The molecule has 0 heterocycles. The van der Waals surface area contributed by atoms with Gasteiger partial charge in [-0.1, -0.05) is 60.7 Å². The molecule has 0 aromatic heterocycles. The Balaban J connectivity index is 1.42. The van der Waals surface area contributed by atoms with Crippen LogP contribution in [0.3, 0.4) is 0 Å². The number of amides is 2. The largest absolute Gasteiger partial charge is 0.497 e. The topological polar surface area (TPSA) is 105 Å². The predicted molar refractivity (Wildman–Crippen MR) is 168 cm³/mol. The van der Waals surface area contributed by atoms with Crippen LogP contribution in [0.15, 0.2) is 91.0 Å². The molecule has 1 aliphatic rings. The Hall–Kier alpha value is -5.11. The summed E-state index contributed by atoms with van der Waals surface area (Å²) in [5.41, 5.74) is 5.38. The maximum atomic E-state index is 14.1. The van der Waals surface area contributed by atoms with Crippen molar-refractivity contribution in [2.24, 2.45) is 0 Å². The van der Waals surface area contributed by atoms with Crippen LogP contribution in [0, 0.1) is 0 Å². The normalized spacial score (nSPS) is 13.5. The standard InChI is InChI=1S/C36H36N2O6/c1-43-26-21-24(22-27(23-26)44-2)17-19-38(20-18-34(39)40)36(42)32-14-8-6-12-30(32)29-11-5-7-13-31(29)35(41)37-33-16-15-25-9-3-4-10-28(25)33/h3-14,21-23,33H,15-20H2,1-2H3,(H,37,41)(H,39,40). The van der Waals surface area contributed by atoms with Crippen molar-refractivity contribution < 1.29 is 29.0 Å². The zero-order chi connectivity index (χ0) is 31.1. The molecule has 0 fully saturated rings. The number of carboxylic acids is 1. The number of ether oxygens (including phenoxy) is 2. The molecule has 226 valence electrons. The van der Waals surface area contributed by atoms with E-state index in [-0.39, 0.29) is 37.4 Å². The Kier molecular flexibility index (Phi) is 9.59. The number of fused-ring (bicyclic) bond motifs is 1. The molecule has 1 atom stereocenters. The monoisotopic (exact) mass is 592 g/mol. The first kappa shape index (κ1) is 30.4. The molecular weight excluding hydrogens is 556 g/mol. The van der Waals surface area contributed by atoms with Crippen LogP contribution in [0.25, 0.3) is 11.1 Å². The van der Waals surface area contributed by atoms with Gasteiger partial charge in [-0.3, -0.25) is 14.4 Å². The van der Waals surface area contributed by atoms with E-state index in [1.54, 1.807) is 43.4 Å². The second kappa shape index (κ2) is 13.9. The number of aliphatic carboxylic acids is 1. The van der Waals surface area contributed by atoms with Crippen LogP contribution < -0.4 is 14.8 Å². The van der Waals surface area contributed by atoms with Gasteiger partial charge >= 0.3 is 5.97 Å². The number of rotatable bonds is 12. The van der Waals surface area contributed by atoms with Gasteiger partial charge in [0.15, 0.2) is 0 Å². The zero-order valence-electron chi connectivity index (χ0n) is 24.9. The number of aryl methyl sites for hydroxylation is 1. The molecule has 2 amide bonds. The lowest BCUT2D eigenvalue weighted by Crippen LogP contribution is -2.35. The molecule has 0 radical (unpaired) electrons. The molecule has 0 saturated carbocycles. The first-order chi connectivity index (χ1) is 21.4. The average Bonchev–Trinajstić information content (AvgIpc) is 3.46. The highest BCUT2D eigenvalue weighted by atomic mass is 16.5. The van der Waals surface area contributed by atoms with Crippen molar-refractivity contribution in [1.82, 2.24) is 10.2 Å². The van der Waals surface area contributed by atoms with Crippen molar-refractivity contribution in [3.05, 3.63) is 119 Å². The molecule has 4 aromatic carbocycles. The third kappa shape index (κ3) is 6.92. The molecule has 2 N–H and O–H groups in total. The maximum absolute atomic E-state index is 14.1. The number of benzene rings is 4. The lowest BCUT2D eigenvalue weighted by Gasteiger charge is -2.24. The molecule has 8 heteroatoms. The smallest absolute Gasteiger partial charge is 0.305 e. The second-order valence-corrected chi connectivity index (χ2v) is 10.8. The number of hydrogen-bond donors (Lipinski definition) is 2. The number of nitrogens with one attached hydrogen (secondary N) is 1. The van der Waals surface area contributed by atoms with Gasteiger partial charge in [-0.25, -0.2) is 0 Å². The van der Waals surface area contributed by atoms with Gasteiger partial charge in [0.1, 0.15) is 11.5 Å². The third-order valence-electron chi connectivity index (χ3n) is 8.02. The molecule has 5 rings (SSSR count). The number of carbonyl (C=O) groups excluding carboxylic acids is 2. The average molecular weight is 593 g/mol. The number of carboxylic acid groups (broad SMARTS) is 1. The summed E-state index contributed by atoms with van der Waals surface area (Å²) in [6.45, 7) is 0.312. The minimum atomic E-state index is -0.991. The van der Waals surface area contributed by atoms with Gasteiger partial charge in [-0.05, 0) is 71.3 Å². The van der Waals surface area contributed by atoms with E-state index in [4.69, 9.17) is 9.47 Å².